The third-order valence-corrected chi connectivity index (χ3v) is 3.15. The summed E-state index contributed by atoms with van der Waals surface area (Å²) >= 11 is 0. The van der Waals surface area contributed by atoms with Crippen molar-refractivity contribution in [1.82, 2.24) is 19.9 Å². The molecule has 8 heteroatoms. The van der Waals surface area contributed by atoms with Crippen molar-refractivity contribution in [2.75, 3.05) is 5.73 Å². The van der Waals surface area contributed by atoms with Crippen molar-refractivity contribution >= 4 is 5.95 Å². The number of alkyl halides is 3. The second kappa shape index (κ2) is 5.64. The standard InChI is InChI=1S/C15H10F3N5/c16-15(17,18)10-3-1-9(2-4-10)13-11(7-21-14(19)23-13)12-5-6-20-8-22-12/h1-8H,(H2,19,21,23). The minimum atomic E-state index is -4.39. The molecule has 0 aliphatic carbocycles. The number of benzene rings is 1. The van der Waals surface area contributed by atoms with Gasteiger partial charge in [0.2, 0.25) is 5.95 Å². The fourth-order valence-electron chi connectivity index (χ4n) is 2.07. The summed E-state index contributed by atoms with van der Waals surface area (Å²) in [4.78, 5) is 16.0. The Morgan fingerprint density at radius 3 is 2.30 bits per heavy atom. The molecule has 2 N–H and O–H groups in total. The Balaban J connectivity index is 2.11. The van der Waals surface area contributed by atoms with E-state index in [1.165, 1.54) is 24.7 Å². The lowest BCUT2D eigenvalue weighted by Gasteiger charge is -2.10. The monoisotopic (exact) mass is 317 g/mol. The van der Waals surface area contributed by atoms with E-state index in [9.17, 15) is 13.2 Å². The number of nitrogens with zero attached hydrogens (tertiary/aromatic N) is 4. The highest BCUT2D eigenvalue weighted by Crippen LogP contribution is 2.33. The molecule has 0 bridgehead atoms. The lowest BCUT2D eigenvalue weighted by Crippen LogP contribution is -2.04. The van der Waals surface area contributed by atoms with E-state index in [4.69, 9.17) is 5.73 Å². The number of halogens is 3. The van der Waals surface area contributed by atoms with Gasteiger partial charge >= 0.3 is 6.18 Å². The Morgan fingerprint density at radius 2 is 1.70 bits per heavy atom. The maximum atomic E-state index is 12.7. The highest BCUT2D eigenvalue weighted by Gasteiger charge is 2.30. The number of aromatic nitrogens is 4. The van der Waals surface area contributed by atoms with Crippen LogP contribution in [0.4, 0.5) is 19.1 Å². The predicted octanol–water partition coefficient (Wildman–Crippen LogP) is 3.20. The van der Waals surface area contributed by atoms with E-state index in [1.807, 2.05) is 0 Å². The van der Waals surface area contributed by atoms with Crippen molar-refractivity contribution in [3.63, 3.8) is 0 Å². The first-order chi connectivity index (χ1) is 10.9. The first kappa shape index (κ1) is 14.9. The van der Waals surface area contributed by atoms with Crippen LogP contribution in [0.1, 0.15) is 5.56 Å². The van der Waals surface area contributed by atoms with Crippen LogP contribution in [0.5, 0.6) is 0 Å². The quantitative estimate of drug-likeness (QED) is 0.785. The molecule has 2 heterocycles. The van der Waals surface area contributed by atoms with E-state index in [0.717, 1.165) is 12.1 Å². The molecule has 0 saturated carbocycles. The lowest BCUT2D eigenvalue weighted by atomic mass is 10.0. The van der Waals surface area contributed by atoms with Crippen LogP contribution in [0.2, 0.25) is 0 Å². The van der Waals surface area contributed by atoms with Crippen LogP contribution in [0, 0.1) is 0 Å². The molecule has 0 fully saturated rings. The fraction of sp³-hybridized carbons (Fsp3) is 0.0667. The molecule has 3 aromatic rings. The van der Waals surface area contributed by atoms with Gasteiger partial charge in [0.05, 0.1) is 17.0 Å². The van der Waals surface area contributed by atoms with Crippen molar-refractivity contribution in [1.29, 1.82) is 0 Å². The zero-order valence-electron chi connectivity index (χ0n) is 11.6. The highest BCUT2D eigenvalue weighted by atomic mass is 19.4. The number of nitrogens with two attached hydrogens (primary N) is 1. The summed E-state index contributed by atoms with van der Waals surface area (Å²) in [5, 5.41) is 0. The van der Waals surface area contributed by atoms with Gasteiger partial charge in [-0.25, -0.2) is 19.9 Å². The third-order valence-electron chi connectivity index (χ3n) is 3.15. The molecule has 5 nitrogen and oxygen atoms in total. The van der Waals surface area contributed by atoms with Crippen molar-refractivity contribution in [2.45, 2.75) is 6.18 Å². The van der Waals surface area contributed by atoms with Crippen LogP contribution in [0.25, 0.3) is 22.5 Å². The van der Waals surface area contributed by atoms with E-state index in [2.05, 4.69) is 19.9 Å². The van der Waals surface area contributed by atoms with Gasteiger partial charge in [-0.3, -0.25) is 0 Å². The SMILES string of the molecule is Nc1ncc(-c2ccncn2)c(-c2ccc(C(F)(F)F)cc2)n1. The number of anilines is 1. The predicted molar refractivity (Wildman–Crippen MR) is 77.9 cm³/mol. The minimum Gasteiger partial charge on any atom is -0.368 e. The second-order valence-electron chi connectivity index (χ2n) is 4.66. The average Bonchev–Trinajstić information content (AvgIpc) is 2.55. The van der Waals surface area contributed by atoms with Gasteiger partial charge < -0.3 is 5.73 Å². The Bertz CT molecular complexity index is 817. The first-order valence-electron chi connectivity index (χ1n) is 6.51. The van der Waals surface area contributed by atoms with Gasteiger partial charge in [-0.05, 0) is 18.2 Å². The van der Waals surface area contributed by atoms with Gasteiger partial charge in [0, 0.05) is 23.5 Å². The van der Waals surface area contributed by atoms with E-state index < -0.39 is 11.7 Å². The topological polar surface area (TPSA) is 77.6 Å². The van der Waals surface area contributed by atoms with Crippen molar-refractivity contribution in [3.8, 4) is 22.5 Å². The molecule has 0 spiro atoms. The van der Waals surface area contributed by atoms with Crippen LogP contribution in [-0.2, 0) is 6.18 Å². The van der Waals surface area contributed by atoms with Crippen LogP contribution in [-0.4, -0.2) is 19.9 Å². The fourth-order valence-corrected chi connectivity index (χ4v) is 2.07. The zero-order chi connectivity index (χ0) is 16.4. The van der Waals surface area contributed by atoms with Crippen LogP contribution >= 0.6 is 0 Å². The van der Waals surface area contributed by atoms with E-state index in [0.29, 0.717) is 22.5 Å². The molecule has 2 aromatic heterocycles. The Hall–Kier alpha value is -3.03. The average molecular weight is 317 g/mol. The molecular formula is C15H10F3N5. The molecule has 116 valence electrons. The summed E-state index contributed by atoms with van der Waals surface area (Å²) < 4.78 is 38.0. The van der Waals surface area contributed by atoms with Crippen molar-refractivity contribution in [3.05, 3.63) is 54.6 Å². The summed E-state index contributed by atoms with van der Waals surface area (Å²) in [6, 6.07) is 6.34. The number of hydrogen-bond acceptors (Lipinski definition) is 5. The summed E-state index contributed by atoms with van der Waals surface area (Å²) in [5.41, 5.74) is 6.88. The number of nitrogen functional groups attached to an aromatic ring is 1. The van der Waals surface area contributed by atoms with Crippen molar-refractivity contribution in [2.24, 2.45) is 0 Å². The first-order valence-corrected chi connectivity index (χ1v) is 6.51. The summed E-state index contributed by atoms with van der Waals surface area (Å²) in [6.07, 6.45) is 0.00777. The molecule has 0 unspecified atom stereocenters. The normalized spacial score (nSPS) is 11.4. The third kappa shape index (κ3) is 3.10. The zero-order valence-corrected chi connectivity index (χ0v) is 11.6. The Labute approximate surface area is 129 Å². The van der Waals surface area contributed by atoms with E-state index in [1.54, 1.807) is 12.3 Å². The van der Waals surface area contributed by atoms with E-state index in [-0.39, 0.29) is 5.95 Å². The van der Waals surface area contributed by atoms with Crippen LogP contribution in [0.3, 0.4) is 0 Å². The molecule has 0 radical (unpaired) electrons. The van der Waals surface area contributed by atoms with Crippen molar-refractivity contribution < 1.29 is 13.2 Å². The molecule has 1 aromatic carbocycles. The van der Waals surface area contributed by atoms with Gasteiger partial charge in [0.1, 0.15) is 6.33 Å². The Kier molecular flexibility index (Phi) is 3.65. The highest BCUT2D eigenvalue weighted by molar-refractivity contribution is 5.78. The molecule has 0 aliphatic rings. The summed E-state index contributed by atoms with van der Waals surface area (Å²) in [7, 11) is 0. The molecule has 23 heavy (non-hydrogen) atoms. The van der Waals surface area contributed by atoms with Crippen LogP contribution in [0.15, 0.2) is 49.1 Å². The van der Waals surface area contributed by atoms with Crippen LogP contribution < -0.4 is 5.73 Å². The smallest absolute Gasteiger partial charge is 0.368 e. The minimum absolute atomic E-state index is 0.0257. The second-order valence-corrected chi connectivity index (χ2v) is 4.66. The van der Waals surface area contributed by atoms with Gasteiger partial charge in [-0.2, -0.15) is 13.2 Å². The number of rotatable bonds is 2. The molecule has 0 aliphatic heterocycles. The molecule has 0 saturated heterocycles. The summed E-state index contributed by atoms with van der Waals surface area (Å²) in [6.45, 7) is 0. The lowest BCUT2D eigenvalue weighted by molar-refractivity contribution is -0.137. The Morgan fingerprint density at radius 1 is 0.957 bits per heavy atom. The molecule has 3 rings (SSSR count). The van der Waals surface area contributed by atoms with Gasteiger partial charge in [-0.15, -0.1) is 0 Å². The molecule has 0 amide bonds. The number of hydrogen-bond donors (Lipinski definition) is 1. The summed E-state index contributed by atoms with van der Waals surface area (Å²) in [5.74, 6) is 0.0257. The van der Waals surface area contributed by atoms with E-state index >= 15 is 0 Å². The molecule has 0 atom stereocenters. The maximum Gasteiger partial charge on any atom is 0.416 e. The molecular weight excluding hydrogens is 307 g/mol. The van der Waals surface area contributed by atoms with Gasteiger partial charge in [-0.1, -0.05) is 12.1 Å². The van der Waals surface area contributed by atoms with Gasteiger partial charge in [0.25, 0.3) is 0 Å². The van der Waals surface area contributed by atoms with Gasteiger partial charge in [0.15, 0.2) is 0 Å². The largest absolute Gasteiger partial charge is 0.416 e. The maximum absolute atomic E-state index is 12.7.